The van der Waals surface area contributed by atoms with Crippen molar-refractivity contribution in [3.8, 4) is 0 Å². The summed E-state index contributed by atoms with van der Waals surface area (Å²) in [6.07, 6.45) is 0.684. The Balaban J connectivity index is 1.49. The maximum absolute atomic E-state index is 13.6. The first-order valence-corrected chi connectivity index (χ1v) is 12.4. The van der Waals surface area contributed by atoms with Crippen LogP contribution >= 0.6 is 0 Å². The molecule has 0 heterocycles. The topological polar surface area (TPSA) is 40.6 Å². The molecule has 0 aliphatic heterocycles. The van der Waals surface area contributed by atoms with Crippen LogP contribution < -0.4 is 9.80 Å². The molecule has 0 aliphatic carbocycles. The van der Waals surface area contributed by atoms with Gasteiger partial charge in [-0.1, -0.05) is 86.6 Å². The minimum Gasteiger partial charge on any atom is -0.281 e. The molecule has 0 aliphatic rings. The smallest absolute Gasteiger partial charge is 0.231 e. The SMILES string of the molecule is C[C@H](CC(=O)N(c1ccccc1)c1ccccc1)[C@@H](C)CC(=O)N(c1ccccc1)c1ccccc1. The molecule has 4 aromatic rings. The van der Waals surface area contributed by atoms with Gasteiger partial charge in [0.15, 0.2) is 0 Å². The van der Waals surface area contributed by atoms with Crippen LogP contribution in [0.2, 0.25) is 0 Å². The van der Waals surface area contributed by atoms with E-state index in [0.717, 1.165) is 22.7 Å². The van der Waals surface area contributed by atoms with Crippen molar-refractivity contribution in [3.63, 3.8) is 0 Å². The fourth-order valence-corrected chi connectivity index (χ4v) is 4.32. The number of nitrogens with zero attached hydrogens (tertiary/aromatic N) is 2. The third kappa shape index (κ3) is 6.08. The zero-order valence-electron chi connectivity index (χ0n) is 20.8. The predicted molar refractivity (Wildman–Crippen MR) is 148 cm³/mol. The first-order valence-electron chi connectivity index (χ1n) is 12.4. The van der Waals surface area contributed by atoms with E-state index in [1.807, 2.05) is 121 Å². The monoisotopic (exact) mass is 476 g/mol. The lowest BCUT2D eigenvalue weighted by Crippen LogP contribution is -2.31. The maximum atomic E-state index is 13.6. The minimum absolute atomic E-state index is 0.0159. The van der Waals surface area contributed by atoms with Crippen molar-refractivity contribution in [2.75, 3.05) is 9.80 Å². The molecule has 0 bridgehead atoms. The fourth-order valence-electron chi connectivity index (χ4n) is 4.32. The lowest BCUT2D eigenvalue weighted by molar-refractivity contribution is -0.121. The van der Waals surface area contributed by atoms with E-state index in [1.165, 1.54) is 0 Å². The summed E-state index contributed by atoms with van der Waals surface area (Å²) in [4.78, 5) is 30.6. The van der Waals surface area contributed by atoms with Crippen LogP contribution in [0.1, 0.15) is 26.7 Å². The van der Waals surface area contributed by atoms with Gasteiger partial charge in [0.05, 0.1) is 0 Å². The Kier molecular flexibility index (Phi) is 8.30. The molecule has 4 heteroatoms. The molecule has 4 nitrogen and oxygen atoms in total. The van der Waals surface area contributed by atoms with Gasteiger partial charge in [0.2, 0.25) is 11.8 Å². The molecule has 0 saturated carbocycles. The third-order valence-corrected chi connectivity index (χ3v) is 6.52. The lowest BCUT2D eigenvalue weighted by Gasteiger charge is -2.28. The number of carbonyl (C=O) groups is 2. The Morgan fingerprint density at radius 3 is 0.917 bits per heavy atom. The van der Waals surface area contributed by atoms with E-state index < -0.39 is 0 Å². The number of amides is 2. The number of rotatable bonds is 9. The van der Waals surface area contributed by atoms with E-state index >= 15 is 0 Å². The summed E-state index contributed by atoms with van der Waals surface area (Å²) in [6, 6.07) is 38.8. The molecular formula is C32H32N2O2. The van der Waals surface area contributed by atoms with E-state index in [2.05, 4.69) is 13.8 Å². The number of hydrogen-bond donors (Lipinski definition) is 0. The van der Waals surface area contributed by atoms with Crippen LogP contribution in [0.3, 0.4) is 0 Å². The molecular weight excluding hydrogens is 444 g/mol. The summed E-state index contributed by atoms with van der Waals surface area (Å²) in [6.45, 7) is 4.11. The predicted octanol–water partition coefficient (Wildman–Crippen LogP) is 7.77. The quantitative estimate of drug-likeness (QED) is 0.248. The van der Waals surface area contributed by atoms with Gasteiger partial charge in [-0.15, -0.1) is 0 Å². The van der Waals surface area contributed by atoms with E-state index in [9.17, 15) is 9.59 Å². The standard InChI is InChI=1S/C32H32N2O2/c1-25(23-31(35)33(27-15-7-3-8-16-27)28-17-9-4-10-18-28)26(2)24-32(36)34(29-19-11-5-12-20-29)30-21-13-6-14-22-30/h3-22,25-26H,23-24H2,1-2H3/t25-,26+. The van der Waals surface area contributed by atoms with Crippen molar-refractivity contribution >= 4 is 34.6 Å². The van der Waals surface area contributed by atoms with E-state index in [4.69, 9.17) is 0 Å². The van der Waals surface area contributed by atoms with Crippen molar-refractivity contribution in [1.29, 1.82) is 0 Å². The lowest BCUT2D eigenvalue weighted by atomic mass is 9.89. The summed E-state index contributed by atoms with van der Waals surface area (Å²) in [5, 5.41) is 0. The van der Waals surface area contributed by atoms with Crippen molar-refractivity contribution < 1.29 is 9.59 Å². The Morgan fingerprint density at radius 1 is 0.472 bits per heavy atom. The van der Waals surface area contributed by atoms with Crippen molar-refractivity contribution in [2.45, 2.75) is 26.7 Å². The van der Waals surface area contributed by atoms with E-state index in [-0.39, 0.29) is 23.7 Å². The second kappa shape index (κ2) is 12.0. The molecule has 0 N–H and O–H groups in total. The Labute approximate surface area is 213 Å². The average molecular weight is 477 g/mol. The normalized spacial score (nSPS) is 12.4. The van der Waals surface area contributed by atoms with Gasteiger partial charge in [0, 0.05) is 35.6 Å². The first kappa shape index (κ1) is 24.9. The van der Waals surface area contributed by atoms with Crippen molar-refractivity contribution in [2.24, 2.45) is 11.8 Å². The molecule has 0 saturated heterocycles. The molecule has 182 valence electrons. The van der Waals surface area contributed by atoms with Crippen LogP contribution in [0.15, 0.2) is 121 Å². The molecule has 36 heavy (non-hydrogen) atoms. The van der Waals surface area contributed by atoms with Gasteiger partial charge >= 0.3 is 0 Å². The molecule has 0 spiro atoms. The van der Waals surface area contributed by atoms with Gasteiger partial charge in [0.1, 0.15) is 0 Å². The molecule has 0 fully saturated rings. The second-order valence-electron chi connectivity index (χ2n) is 9.16. The zero-order valence-corrected chi connectivity index (χ0v) is 20.8. The Bertz CT molecular complexity index is 1060. The largest absolute Gasteiger partial charge is 0.281 e. The van der Waals surface area contributed by atoms with Crippen LogP contribution in [0, 0.1) is 11.8 Å². The summed E-state index contributed by atoms with van der Waals surface area (Å²) in [5.41, 5.74) is 3.35. The van der Waals surface area contributed by atoms with Crippen LogP contribution in [0.4, 0.5) is 22.7 Å². The number of hydrogen-bond acceptors (Lipinski definition) is 2. The molecule has 0 radical (unpaired) electrons. The van der Waals surface area contributed by atoms with Gasteiger partial charge < -0.3 is 0 Å². The molecule has 0 aromatic heterocycles. The highest BCUT2D eigenvalue weighted by Crippen LogP contribution is 2.31. The second-order valence-corrected chi connectivity index (χ2v) is 9.16. The summed E-state index contributed by atoms with van der Waals surface area (Å²) in [5.74, 6) is 0.0684. The van der Waals surface area contributed by atoms with E-state index in [0.29, 0.717) is 12.8 Å². The van der Waals surface area contributed by atoms with Crippen LogP contribution in [-0.2, 0) is 9.59 Å². The molecule has 2 amide bonds. The van der Waals surface area contributed by atoms with Gasteiger partial charge in [-0.25, -0.2) is 0 Å². The molecule has 0 unspecified atom stereocenters. The van der Waals surface area contributed by atoms with Gasteiger partial charge in [-0.05, 0) is 60.4 Å². The summed E-state index contributed by atoms with van der Waals surface area (Å²) in [7, 11) is 0. The highest BCUT2D eigenvalue weighted by molar-refractivity contribution is 6.01. The zero-order chi connectivity index (χ0) is 25.3. The molecule has 2 atom stereocenters. The van der Waals surface area contributed by atoms with E-state index in [1.54, 1.807) is 9.80 Å². The highest BCUT2D eigenvalue weighted by Gasteiger charge is 2.26. The van der Waals surface area contributed by atoms with Gasteiger partial charge in [-0.2, -0.15) is 0 Å². The highest BCUT2D eigenvalue weighted by atomic mass is 16.2. The number of para-hydroxylation sites is 4. The third-order valence-electron chi connectivity index (χ3n) is 6.52. The summed E-state index contributed by atoms with van der Waals surface area (Å²) >= 11 is 0. The number of benzene rings is 4. The minimum atomic E-state index is 0.0159. The van der Waals surface area contributed by atoms with Crippen molar-refractivity contribution in [3.05, 3.63) is 121 Å². The number of anilines is 4. The maximum Gasteiger partial charge on any atom is 0.231 e. The Morgan fingerprint density at radius 2 is 0.694 bits per heavy atom. The molecule has 4 aromatic carbocycles. The summed E-state index contributed by atoms with van der Waals surface area (Å²) < 4.78 is 0. The average Bonchev–Trinajstić information content (AvgIpc) is 2.91. The van der Waals surface area contributed by atoms with Crippen LogP contribution in [0.5, 0.6) is 0 Å². The van der Waals surface area contributed by atoms with Gasteiger partial charge in [0.25, 0.3) is 0 Å². The van der Waals surface area contributed by atoms with Crippen LogP contribution in [-0.4, -0.2) is 11.8 Å². The van der Waals surface area contributed by atoms with Crippen LogP contribution in [0.25, 0.3) is 0 Å². The fraction of sp³-hybridized carbons (Fsp3) is 0.188. The Hall–Kier alpha value is -4.18. The van der Waals surface area contributed by atoms with Gasteiger partial charge in [-0.3, -0.25) is 19.4 Å². The van der Waals surface area contributed by atoms with Crippen molar-refractivity contribution in [1.82, 2.24) is 0 Å². The number of carbonyl (C=O) groups excluding carboxylic acids is 2. The molecule has 4 rings (SSSR count). The first-order chi connectivity index (χ1) is 17.5.